The normalized spacial score (nSPS) is 12.3. The maximum atomic E-state index is 12.3. The zero-order valence-corrected chi connectivity index (χ0v) is 11.8. The standard InChI is InChI=1S/C13H13N3O3S/c1-7-11(13(14-2)20-16-7)12(17)15-8-3-4-9-10(5-8)19-6-18-9/h3-5,14H,6H2,1-2H3,(H,15,17). The molecule has 0 atom stereocenters. The molecule has 3 rings (SSSR count). The summed E-state index contributed by atoms with van der Waals surface area (Å²) in [5, 5.41) is 6.57. The average Bonchev–Trinajstić information content (AvgIpc) is 3.04. The van der Waals surface area contributed by atoms with E-state index in [1.165, 1.54) is 11.5 Å². The highest BCUT2D eigenvalue weighted by atomic mass is 32.1. The van der Waals surface area contributed by atoms with Gasteiger partial charge in [0.15, 0.2) is 11.5 Å². The molecule has 0 fully saturated rings. The van der Waals surface area contributed by atoms with Gasteiger partial charge >= 0.3 is 0 Å². The summed E-state index contributed by atoms with van der Waals surface area (Å²) in [4.78, 5) is 12.3. The highest BCUT2D eigenvalue weighted by molar-refractivity contribution is 7.10. The number of anilines is 2. The number of nitrogens with zero attached hydrogens (tertiary/aromatic N) is 1. The Kier molecular flexibility index (Phi) is 3.19. The predicted octanol–water partition coefficient (Wildman–Crippen LogP) is 2.47. The van der Waals surface area contributed by atoms with E-state index in [0.717, 1.165) is 5.00 Å². The molecule has 104 valence electrons. The lowest BCUT2D eigenvalue weighted by Gasteiger charge is -2.07. The minimum Gasteiger partial charge on any atom is -0.454 e. The van der Waals surface area contributed by atoms with E-state index in [-0.39, 0.29) is 12.7 Å². The second-order valence-corrected chi connectivity index (χ2v) is 5.02. The summed E-state index contributed by atoms with van der Waals surface area (Å²) >= 11 is 1.27. The van der Waals surface area contributed by atoms with Gasteiger partial charge in [0, 0.05) is 18.8 Å². The molecule has 1 aliphatic rings. The zero-order valence-electron chi connectivity index (χ0n) is 11.0. The lowest BCUT2D eigenvalue weighted by molar-refractivity contribution is 0.102. The van der Waals surface area contributed by atoms with E-state index in [1.807, 2.05) is 6.92 Å². The van der Waals surface area contributed by atoms with Gasteiger partial charge in [-0.05, 0) is 30.6 Å². The quantitative estimate of drug-likeness (QED) is 0.909. The Morgan fingerprint density at radius 3 is 2.95 bits per heavy atom. The molecule has 1 aliphatic heterocycles. The van der Waals surface area contributed by atoms with Crippen LogP contribution >= 0.6 is 11.5 Å². The van der Waals surface area contributed by atoms with E-state index in [4.69, 9.17) is 9.47 Å². The van der Waals surface area contributed by atoms with E-state index in [2.05, 4.69) is 15.0 Å². The second kappa shape index (κ2) is 5.01. The van der Waals surface area contributed by atoms with Gasteiger partial charge < -0.3 is 20.1 Å². The van der Waals surface area contributed by atoms with E-state index in [9.17, 15) is 4.79 Å². The summed E-state index contributed by atoms with van der Waals surface area (Å²) in [5.41, 5.74) is 1.93. The molecule has 1 aromatic heterocycles. The van der Waals surface area contributed by atoms with Crippen LogP contribution in [-0.2, 0) is 0 Å². The van der Waals surface area contributed by atoms with Crippen LogP contribution in [0.25, 0.3) is 0 Å². The van der Waals surface area contributed by atoms with Crippen LogP contribution in [0.1, 0.15) is 16.1 Å². The van der Waals surface area contributed by atoms with Crippen LogP contribution in [0, 0.1) is 6.92 Å². The number of hydrogen-bond acceptors (Lipinski definition) is 6. The Morgan fingerprint density at radius 2 is 2.15 bits per heavy atom. The molecule has 0 saturated heterocycles. The van der Waals surface area contributed by atoms with Crippen molar-refractivity contribution in [2.45, 2.75) is 6.92 Å². The van der Waals surface area contributed by atoms with Crippen molar-refractivity contribution in [1.29, 1.82) is 0 Å². The topological polar surface area (TPSA) is 72.5 Å². The van der Waals surface area contributed by atoms with Gasteiger partial charge in [0.05, 0.1) is 11.3 Å². The van der Waals surface area contributed by atoms with E-state index in [1.54, 1.807) is 25.2 Å². The van der Waals surface area contributed by atoms with E-state index in [0.29, 0.717) is 28.4 Å². The summed E-state index contributed by atoms with van der Waals surface area (Å²) in [7, 11) is 1.77. The van der Waals surface area contributed by atoms with Gasteiger partial charge in [0.1, 0.15) is 5.00 Å². The van der Waals surface area contributed by atoms with Gasteiger partial charge in [-0.15, -0.1) is 0 Å². The van der Waals surface area contributed by atoms with Crippen molar-refractivity contribution in [3.63, 3.8) is 0 Å². The summed E-state index contributed by atoms with van der Waals surface area (Å²) in [6, 6.07) is 5.30. The molecule has 2 aromatic rings. The smallest absolute Gasteiger partial charge is 0.260 e. The van der Waals surface area contributed by atoms with Crippen LogP contribution in [0.3, 0.4) is 0 Å². The number of aromatic nitrogens is 1. The first kappa shape index (κ1) is 12.7. The Labute approximate surface area is 119 Å². The highest BCUT2D eigenvalue weighted by Crippen LogP contribution is 2.34. The number of aryl methyl sites for hydroxylation is 1. The van der Waals surface area contributed by atoms with Crippen LogP contribution in [0.4, 0.5) is 10.7 Å². The number of amides is 1. The van der Waals surface area contributed by atoms with Gasteiger partial charge in [-0.25, -0.2) is 0 Å². The minimum absolute atomic E-state index is 0.195. The molecule has 7 heteroatoms. The summed E-state index contributed by atoms with van der Waals surface area (Å²) in [6.45, 7) is 2.02. The Hall–Kier alpha value is -2.28. The molecule has 1 aromatic carbocycles. The molecular formula is C13H13N3O3S. The summed E-state index contributed by atoms with van der Waals surface area (Å²) < 4.78 is 14.7. The van der Waals surface area contributed by atoms with Crippen LogP contribution in [0.5, 0.6) is 11.5 Å². The van der Waals surface area contributed by atoms with Crippen LogP contribution in [-0.4, -0.2) is 24.1 Å². The Balaban J connectivity index is 1.84. The maximum Gasteiger partial charge on any atom is 0.260 e. The van der Waals surface area contributed by atoms with Crippen molar-refractivity contribution in [2.75, 3.05) is 24.5 Å². The number of carbonyl (C=O) groups is 1. The molecule has 0 spiro atoms. The van der Waals surface area contributed by atoms with Crippen molar-refractivity contribution in [3.05, 3.63) is 29.5 Å². The third kappa shape index (κ3) is 2.16. The molecule has 0 unspecified atom stereocenters. The first-order chi connectivity index (χ1) is 9.69. The Bertz CT molecular complexity index is 669. The maximum absolute atomic E-state index is 12.3. The number of benzene rings is 1. The van der Waals surface area contributed by atoms with E-state index < -0.39 is 0 Å². The van der Waals surface area contributed by atoms with Crippen molar-refractivity contribution in [3.8, 4) is 11.5 Å². The number of ether oxygens (including phenoxy) is 2. The Morgan fingerprint density at radius 1 is 1.35 bits per heavy atom. The van der Waals surface area contributed by atoms with Gasteiger partial charge in [-0.2, -0.15) is 4.37 Å². The fraction of sp³-hybridized carbons (Fsp3) is 0.231. The van der Waals surface area contributed by atoms with Crippen molar-refractivity contribution < 1.29 is 14.3 Å². The monoisotopic (exact) mass is 291 g/mol. The molecule has 2 heterocycles. The third-order valence-electron chi connectivity index (χ3n) is 2.95. The van der Waals surface area contributed by atoms with Gasteiger partial charge in [0.25, 0.3) is 5.91 Å². The van der Waals surface area contributed by atoms with Crippen molar-refractivity contribution in [1.82, 2.24) is 4.37 Å². The summed E-state index contributed by atoms with van der Waals surface area (Å²) in [5.74, 6) is 1.13. The molecule has 0 bridgehead atoms. The van der Waals surface area contributed by atoms with Crippen LogP contribution in [0.2, 0.25) is 0 Å². The first-order valence-electron chi connectivity index (χ1n) is 6.04. The minimum atomic E-state index is -0.195. The predicted molar refractivity (Wildman–Crippen MR) is 76.9 cm³/mol. The first-order valence-corrected chi connectivity index (χ1v) is 6.81. The molecule has 2 N–H and O–H groups in total. The molecule has 0 saturated carbocycles. The molecular weight excluding hydrogens is 278 g/mol. The molecule has 20 heavy (non-hydrogen) atoms. The van der Waals surface area contributed by atoms with Gasteiger partial charge in [-0.1, -0.05) is 0 Å². The SMILES string of the molecule is CNc1snc(C)c1C(=O)Nc1ccc2c(c1)OCO2. The van der Waals surface area contributed by atoms with Crippen molar-refractivity contribution in [2.24, 2.45) is 0 Å². The number of carbonyl (C=O) groups excluding carboxylic acids is 1. The molecule has 0 radical (unpaired) electrons. The molecule has 0 aliphatic carbocycles. The molecule has 1 amide bonds. The zero-order chi connectivity index (χ0) is 14.1. The highest BCUT2D eigenvalue weighted by Gasteiger charge is 2.19. The average molecular weight is 291 g/mol. The van der Waals surface area contributed by atoms with Crippen LogP contribution in [0.15, 0.2) is 18.2 Å². The second-order valence-electron chi connectivity index (χ2n) is 4.24. The van der Waals surface area contributed by atoms with Gasteiger partial charge in [-0.3, -0.25) is 4.79 Å². The van der Waals surface area contributed by atoms with Gasteiger partial charge in [0.2, 0.25) is 6.79 Å². The number of nitrogens with one attached hydrogen (secondary N) is 2. The van der Waals surface area contributed by atoms with Crippen molar-refractivity contribution >= 4 is 28.1 Å². The largest absolute Gasteiger partial charge is 0.454 e. The lowest BCUT2D eigenvalue weighted by Crippen LogP contribution is -2.13. The number of rotatable bonds is 3. The lowest BCUT2D eigenvalue weighted by atomic mass is 10.2. The summed E-state index contributed by atoms with van der Waals surface area (Å²) in [6.07, 6.45) is 0. The fourth-order valence-electron chi connectivity index (χ4n) is 1.98. The van der Waals surface area contributed by atoms with Crippen LogP contribution < -0.4 is 20.1 Å². The fourth-order valence-corrected chi connectivity index (χ4v) is 2.72. The number of fused-ring (bicyclic) bond motifs is 1. The van der Waals surface area contributed by atoms with E-state index >= 15 is 0 Å². The number of hydrogen-bond donors (Lipinski definition) is 2. The molecule has 6 nitrogen and oxygen atoms in total. The third-order valence-corrected chi connectivity index (χ3v) is 3.90.